The van der Waals surface area contributed by atoms with E-state index in [-0.39, 0.29) is 17.5 Å². The number of carbonyl (C=O) groups is 1. The summed E-state index contributed by atoms with van der Waals surface area (Å²) in [7, 11) is 0. The molecule has 0 aliphatic heterocycles. The van der Waals surface area contributed by atoms with Crippen molar-refractivity contribution in [1.82, 2.24) is 4.98 Å². The third-order valence-corrected chi connectivity index (χ3v) is 6.85. The third-order valence-electron chi connectivity index (χ3n) is 6.85. The van der Waals surface area contributed by atoms with Crippen LogP contribution in [0, 0.1) is 6.92 Å². The summed E-state index contributed by atoms with van der Waals surface area (Å²) in [4.78, 5) is 18.3. The number of rotatable bonds is 8. The Balaban J connectivity index is 1.45. The Morgan fingerprint density at radius 1 is 0.914 bits per heavy atom. The maximum absolute atomic E-state index is 13.5. The van der Waals surface area contributed by atoms with Gasteiger partial charge in [-0.25, -0.2) is 0 Å². The number of hydrogen-bond acceptors (Lipinski definition) is 3. The van der Waals surface area contributed by atoms with Crippen molar-refractivity contribution >= 4 is 11.4 Å². The molecule has 3 aromatic carbocycles. The number of pyridine rings is 1. The molecule has 174 valence electrons. The van der Waals surface area contributed by atoms with Crippen molar-refractivity contribution in [1.29, 1.82) is 0 Å². The Labute approximate surface area is 206 Å². The molecular formula is C32H29NO2. The van der Waals surface area contributed by atoms with E-state index in [2.05, 4.69) is 49.4 Å². The minimum atomic E-state index is -0.0358. The number of benzene rings is 3. The summed E-state index contributed by atoms with van der Waals surface area (Å²) in [6.45, 7) is 2.11. The number of allylic oxidation sites excluding steroid dienone is 2. The van der Waals surface area contributed by atoms with Crippen LogP contribution < -0.4 is 0 Å². The Morgan fingerprint density at radius 2 is 1.69 bits per heavy atom. The van der Waals surface area contributed by atoms with E-state index in [1.807, 2.05) is 42.6 Å². The van der Waals surface area contributed by atoms with Gasteiger partial charge in [0.25, 0.3) is 0 Å². The van der Waals surface area contributed by atoms with E-state index < -0.39 is 0 Å². The number of phenolic OH excluding ortho intramolecular Hbond substituents is 1. The molecule has 0 fully saturated rings. The van der Waals surface area contributed by atoms with Gasteiger partial charge in [-0.3, -0.25) is 9.78 Å². The van der Waals surface area contributed by atoms with Crippen LogP contribution in [0.3, 0.4) is 0 Å². The number of aromatic hydroxyl groups is 1. The van der Waals surface area contributed by atoms with Crippen molar-refractivity contribution < 1.29 is 9.90 Å². The van der Waals surface area contributed by atoms with Crippen LogP contribution in [0.4, 0.5) is 0 Å². The Kier molecular flexibility index (Phi) is 6.58. The molecule has 0 bridgehead atoms. The number of aryl methyl sites for hydroxylation is 1. The second-order valence-corrected chi connectivity index (χ2v) is 9.33. The van der Waals surface area contributed by atoms with Crippen molar-refractivity contribution in [3.8, 4) is 16.9 Å². The van der Waals surface area contributed by atoms with Gasteiger partial charge in [0.1, 0.15) is 11.5 Å². The highest BCUT2D eigenvalue weighted by Crippen LogP contribution is 2.36. The third kappa shape index (κ3) is 5.09. The molecule has 0 spiro atoms. The molecular weight excluding hydrogens is 430 g/mol. The van der Waals surface area contributed by atoms with Crippen LogP contribution in [0.2, 0.25) is 0 Å². The minimum Gasteiger partial charge on any atom is -0.508 e. The lowest BCUT2D eigenvalue weighted by Crippen LogP contribution is -2.13. The highest BCUT2D eigenvalue weighted by molar-refractivity contribution is 5.92. The number of hydrogen-bond donors (Lipinski definition) is 1. The lowest BCUT2D eigenvalue weighted by molar-refractivity contribution is -0.118. The summed E-state index contributed by atoms with van der Waals surface area (Å²) >= 11 is 0. The summed E-state index contributed by atoms with van der Waals surface area (Å²) in [6.07, 6.45) is 6.29. The van der Waals surface area contributed by atoms with Crippen LogP contribution in [-0.2, 0) is 17.6 Å². The molecule has 1 aliphatic rings. The fourth-order valence-electron chi connectivity index (χ4n) is 5.12. The summed E-state index contributed by atoms with van der Waals surface area (Å²) in [5.74, 6) is 0.392. The van der Waals surface area contributed by atoms with Gasteiger partial charge in [0.15, 0.2) is 0 Å². The van der Waals surface area contributed by atoms with Gasteiger partial charge >= 0.3 is 0 Å². The fraction of sp³-hybridized carbons (Fsp3) is 0.188. The van der Waals surface area contributed by atoms with E-state index in [1.165, 1.54) is 11.1 Å². The summed E-state index contributed by atoms with van der Waals surface area (Å²) in [5.41, 5.74) is 8.78. The minimum absolute atomic E-state index is 0.0358. The molecule has 4 aromatic rings. The van der Waals surface area contributed by atoms with Crippen molar-refractivity contribution in [3.05, 3.63) is 125 Å². The van der Waals surface area contributed by atoms with Gasteiger partial charge < -0.3 is 5.11 Å². The van der Waals surface area contributed by atoms with Gasteiger partial charge in [0.05, 0.1) is 5.69 Å². The average molecular weight is 460 g/mol. The summed E-state index contributed by atoms with van der Waals surface area (Å²) in [5, 5.41) is 9.95. The molecule has 0 saturated heterocycles. The first-order valence-corrected chi connectivity index (χ1v) is 12.2. The smallest absolute Gasteiger partial charge is 0.137 e. The number of Topliss-reactive ketones (excluding diaryl/α,β-unsaturated/α-hetero) is 1. The number of nitrogens with zero attached hydrogens (tertiary/aromatic N) is 1. The molecule has 1 atom stereocenters. The zero-order valence-corrected chi connectivity index (χ0v) is 19.9. The Bertz CT molecular complexity index is 1390. The van der Waals surface area contributed by atoms with E-state index in [0.29, 0.717) is 12.8 Å². The predicted molar refractivity (Wildman–Crippen MR) is 141 cm³/mol. The van der Waals surface area contributed by atoms with Gasteiger partial charge in [-0.05, 0) is 71.4 Å². The molecule has 35 heavy (non-hydrogen) atoms. The van der Waals surface area contributed by atoms with Crippen LogP contribution >= 0.6 is 0 Å². The predicted octanol–water partition coefficient (Wildman–Crippen LogP) is 7.08. The van der Waals surface area contributed by atoms with Gasteiger partial charge in [-0.1, -0.05) is 72.8 Å². The first-order valence-electron chi connectivity index (χ1n) is 12.2. The molecule has 5 rings (SSSR count). The lowest BCUT2D eigenvalue weighted by atomic mass is 9.85. The van der Waals surface area contributed by atoms with Gasteiger partial charge in [0, 0.05) is 30.5 Å². The molecule has 1 aromatic heterocycles. The average Bonchev–Trinajstić information content (AvgIpc) is 3.26. The molecule has 0 saturated carbocycles. The summed E-state index contributed by atoms with van der Waals surface area (Å²) in [6, 6.07) is 28.2. The molecule has 1 aliphatic carbocycles. The maximum Gasteiger partial charge on any atom is 0.137 e. The second kappa shape index (κ2) is 10.1. The van der Waals surface area contributed by atoms with Gasteiger partial charge in [-0.2, -0.15) is 0 Å². The van der Waals surface area contributed by atoms with Crippen LogP contribution in [0.1, 0.15) is 46.7 Å². The van der Waals surface area contributed by atoms with Gasteiger partial charge in [0.2, 0.25) is 0 Å². The van der Waals surface area contributed by atoms with Crippen LogP contribution in [0.15, 0.2) is 97.2 Å². The molecule has 1 heterocycles. The van der Waals surface area contributed by atoms with Crippen LogP contribution in [0.25, 0.3) is 16.7 Å². The topological polar surface area (TPSA) is 50.2 Å². The normalized spacial score (nSPS) is 13.2. The largest absolute Gasteiger partial charge is 0.508 e. The van der Waals surface area contributed by atoms with Crippen molar-refractivity contribution in [2.45, 2.75) is 38.5 Å². The highest BCUT2D eigenvalue weighted by atomic mass is 16.3. The first kappa shape index (κ1) is 22.8. The first-order chi connectivity index (χ1) is 17.1. The van der Waals surface area contributed by atoms with E-state index >= 15 is 0 Å². The standard InChI is InChI=1S/C32H29NO2/c1-22-8-5-6-11-29(22)30-12-7-17-33-32(30)26(18-23-9-3-2-4-10-23)20-28(35)19-25-14-13-24-15-16-27(34)21-31(24)25/h2-12,14-17,21,26,34H,13,18-20H2,1H3. The Hall–Kier alpha value is -3.98. The monoisotopic (exact) mass is 459 g/mol. The lowest BCUT2D eigenvalue weighted by Gasteiger charge is -2.20. The Morgan fingerprint density at radius 3 is 2.51 bits per heavy atom. The van der Waals surface area contributed by atoms with Crippen molar-refractivity contribution in [3.63, 3.8) is 0 Å². The van der Waals surface area contributed by atoms with E-state index in [9.17, 15) is 9.90 Å². The highest BCUT2D eigenvalue weighted by Gasteiger charge is 2.24. The van der Waals surface area contributed by atoms with Gasteiger partial charge in [-0.15, -0.1) is 0 Å². The molecule has 0 amide bonds. The quantitative estimate of drug-likeness (QED) is 0.306. The molecule has 1 N–H and O–H groups in total. The fourth-order valence-corrected chi connectivity index (χ4v) is 5.12. The molecule has 3 nitrogen and oxygen atoms in total. The number of phenols is 1. The number of aromatic nitrogens is 1. The van der Waals surface area contributed by atoms with E-state index in [0.717, 1.165) is 46.4 Å². The van der Waals surface area contributed by atoms with E-state index in [1.54, 1.807) is 12.1 Å². The van der Waals surface area contributed by atoms with Crippen molar-refractivity contribution in [2.24, 2.45) is 0 Å². The van der Waals surface area contributed by atoms with Crippen LogP contribution in [-0.4, -0.2) is 15.9 Å². The second-order valence-electron chi connectivity index (χ2n) is 9.33. The zero-order valence-electron chi connectivity index (χ0n) is 19.9. The molecule has 1 unspecified atom stereocenters. The SMILES string of the molecule is Cc1ccccc1-c1cccnc1C(CC(=O)CC1=CCc2ccc(O)cc21)Cc1ccccc1. The number of ketones is 1. The number of carbonyl (C=O) groups excluding carboxylic acids is 1. The zero-order chi connectivity index (χ0) is 24.2. The van der Waals surface area contributed by atoms with E-state index in [4.69, 9.17) is 4.98 Å². The molecule has 3 heteroatoms. The maximum atomic E-state index is 13.5. The summed E-state index contributed by atoms with van der Waals surface area (Å²) < 4.78 is 0. The molecule has 0 radical (unpaired) electrons. The number of fused-ring (bicyclic) bond motifs is 1. The van der Waals surface area contributed by atoms with Crippen LogP contribution in [0.5, 0.6) is 5.75 Å². The van der Waals surface area contributed by atoms with Crippen molar-refractivity contribution in [2.75, 3.05) is 0 Å².